The molecule has 220 valence electrons. The first-order valence-corrected chi connectivity index (χ1v) is 16.7. The van der Waals surface area contributed by atoms with Gasteiger partial charge in [0.05, 0.1) is 27.4 Å². The SMILES string of the molecule is CC(C)(C)c1cc(I)c(O)c(C=O)c1.CC(C)(C)c1cc(I)c2c(c1)C1Oc3c(I)cc(C(C)(C)C)cc3C(O2)O1. The van der Waals surface area contributed by atoms with Crippen molar-refractivity contribution in [3.05, 3.63) is 80.5 Å². The zero-order valence-electron chi connectivity index (χ0n) is 24.9. The highest BCUT2D eigenvalue weighted by molar-refractivity contribution is 14.1. The predicted octanol–water partition coefficient (Wildman–Crippen LogP) is 10.1. The lowest BCUT2D eigenvalue weighted by atomic mass is 9.85. The van der Waals surface area contributed by atoms with Crippen LogP contribution in [0.5, 0.6) is 17.2 Å². The van der Waals surface area contributed by atoms with Crippen molar-refractivity contribution in [3.63, 3.8) is 0 Å². The second kappa shape index (κ2) is 11.8. The van der Waals surface area contributed by atoms with Crippen LogP contribution in [0, 0.1) is 10.7 Å². The van der Waals surface area contributed by atoms with Crippen LogP contribution in [-0.4, -0.2) is 11.4 Å². The topological polar surface area (TPSA) is 65.0 Å². The van der Waals surface area contributed by atoms with E-state index in [0.717, 1.165) is 38.9 Å². The first-order valence-electron chi connectivity index (χ1n) is 13.5. The van der Waals surface area contributed by atoms with E-state index in [0.29, 0.717) is 11.8 Å². The Morgan fingerprint density at radius 3 is 1.37 bits per heavy atom. The Hall–Kier alpha value is -1.12. The summed E-state index contributed by atoms with van der Waals surface area (Å²) in [6.45, 7) is 19.5. The van der Waals surface area contributed by atoms with Gasteiger partial charge in [-0.2, -0.15) is 0 Å². The quantitative estimate of drug-likeness (QED) is 0.195. The maximum absolute atomic E-state index is 10.7. The van der Waals surface area contributed by atoms with E-state index >= 15 is 0 Å². The number of aldehydes is 1. The summed E-state index contributed by atoms with van der Waals surface area (Å²) in [5, 5.41) is 9.55. The van der Waals surface area contributed by atoms with Crippen LogP contribution in [0.4, 0.5) is 0 Å². The van der Waals surface area contributed by atoms with E-state index in [4.69, 9.17) is 14.2 Å². The minimum Gasteiger partial charge on any atom is -0.506 e. The molecular formula is C33H37I3O5. The first-order chi connectivity index (χ1) is 18.8. The van der Waals surface area contributed by atoms with E-state index in [1.807, 2.05) is 28.7 Å². The highest BCUT2D eigenvalue weighted by Gasteiger charge is 2.41. The molecule has 8 heteroatoms. The standard InChI is InChI=1S/C22H24I2O3.C11H13IO2/c1-21(2,3)11-7-13-17(15(23)9-11)25-20-14-8-12(22(4,5)6)10-16(24)18(14)26-19(13)27-20;1-11(2,3)8-4-7(6-13)10(14)9(12)5-8/h7-10,19-20H,1-6H3;4-6,14H,1-3H3. The Balaban J connectivity index is 0.000000234. The van der Waals surface area contributed by atoms with Crippen LogP contribution < -0.4 is 9.47 Å². The second-order valence-corrected chi connectivity index (χ2v) is 17.0. The summed E-state index contributed by atoms with van der Waals surface area (Å²) in [6, 6.07) is 12.4. The molecule has 0 aliphatic carbocycles. The van der Waals surface area contributed by atoms with E-state index in [-0.39, 0.29) is 22.0 Å². The first kappa shape index (κ1) is 32.8. The highest BCUT2D eigenvalue weighted by atomic mass is 127. The summed E-state index contributed by atoms with van der Waals surface area (Å²) in [5.74, 6) is 1.84. The van der Waals surface area contributed by atoms with Gasteiger partial charge in [0, 0.05) is 0 Å². The van der Waals surface area contributed by atoms with E-state index in [1.165, 1.54) is 11.1 Å². The highest BCUT2D eigenvalue weighted by Crippen LogP contribution is 2.51. The fourth-order valence-corrected chi connectivity index (χ4v) is 6.69. The van der Waals surface area contributed by atoms with Crippen molar-refractivity contribution in [2.45, 2.75) is 91.1 Å². The third-order valence-electron chi connectivity index (χ3n) is 7.17. The van der Waals surface area contributed by atoms with E-state index in [1.54, 1.807) is 6.07 Å². The van der Waals surface area contributed by atoms with Crippen molar-refractivity contribution in [2.24, 2.45) is 0 Å². The fraction of sp³-hybridized carbons (Fsp3) is 0.424. The summed E-state index contributed by atoms with van der Waals surface area (Å²) < 4.78 is 21.8. The number of ether oxygens (including phenoxy) is 3. The van der Waals surface area contributed by atoms with Gasteiger partial charge in [-0.3, -0.25) is 9.53 Å². The molecule has 2 unspecified atom stereocenters. The van der Waals surface area contributed by atoms with Gasteiger partial charge >= 0.3 is 0 Å². The van der Waals surface area contributed by atoms with Crippen molar-refractivity contribution >= 4 is 74.1 Å². The number of fused-ring (bicyclic) bond motifs is 6. The molecule has 2 atom stereocenters. The van der Waals surface area contributed by atoms with Crippen LogP contribution in [0.15, 0.2) is 36.4 Å². The zero-order valence-corrected chi connectivity index (χ0v) is 31.4. The molecule has 3 aromatic carbocycles. The monoisotopic (exact) mass is 894 g/mol. The van der Waals surface area contributed by atoms with Gasteiger partial charge in [-0.25, -0.2) is 0 Å². The van der Waals surface area contributed by atoms with Crippen molar-refractivity contribution in [1.29, 1.82) is 0 Å². The predicted molar refractivity (Wildman–Crippen MR) is 188 cm³/mol. The Morgan fingerprint density at radius 2 is 1.00 bits per heavy atom. The molecular weight excluding hydrogens is 857 g/mol. The zero-order chi connectivity index (χ0) is 30.7. The van der Waals surface area contributed by atoms with Gasteiger partial charge in [-0.15, -0.1) is 0 Å². The molecule has 0 amide bonds. The average molecular weight is 894 g/mol. The molecule has 5 rings (SSSR count). The minimum atomic E-state index is -0.434. The van der Waals surface area contributed by atoms with Gasteiger partial charge in [-0.1, -0.05) is 62.3 Å². The molecule has 0 radical (unpaired) electrons. The summed E-state index contributed by atoms with van der Waals surface area (Å²) in [4.78, 5) is 10.7. The molecule has 2 heterocycles. The van der Waals surface area contributed by atoms with Gasteiger partial charge in [0.1, 0.15) is 17.2 Å². The van der Waals surface area contributed by atoms with E-state index < -0.39 is 12.6 Å². The third kappa shape index (κ3) is 7.01. The Labute approximate surface area is 284 Å². The molecule has 0 spiro atoms. The van der Waals surface area contributed by atoms with Gasteiger partial charge in [0.15, 0.2) is 6.29 Å². The molecule has 41 heavy (non-hydrogen) atoms. The third-order valence-corrected chi connectivity index (χ3v) is 9.59. The normalized spacial score (nSPS) is 17.8. The minimum absolute atomic E-state index is 0.00855. The second-order valence-electron chi connectivity index (χ2n) is 13.6. The number of carbonyl (C=O) groups excluding carboxylic acids is 1. The fourth-order valence-electron chi connectivity index (χ4n) is 4.49. The molecule has 1 N–H and O–H groups in total. The number of phenolic OH excluding ortho intramolecular Hbond substituents is 1. The number of hydrogen-bond acceptors (Lipinski definition) is 5. The maximum Gasteiger partial charge on any atom is 0.234 e. The molecule has 2 aliphatic rings. The summed E-state index contributed by atoms with van der Waals surface area (Å²) >= 11 is 6.75. The van der Waals surface area contributed by atoms with Gasteiger partial charge in [-0.05, 0) is 137 Å². The molecule has 0 fully saturated rings. The number of aromatic hydroxyl groups is 1. The molecule has 5 nitrogen and oxygen atoms in total. The smallest absolute Gasteiger partial charge is 0.234 e. The summed E-state index contributed by atoms with van der Waals surface area (Å²) in [6.07, 6.45) is -0.181. The molecule has 0 saturated heterocycles. The van der Waals surface area contributed by atoms with Crippen LogP contribution in [-0.2, 0) is 21.0 Å². The Morgan fingerprint density at radius 1 is 0.634 bits per heavy atom. The average Bonchev–Trinajstić information content (AvgIpc) is 2.85. The van der Waals surface area contributed by atoms with Gasteiger partial charge < -0.3 is 14.6 Å². The number of hydrogen-bond donors (Lipinski definition) is 1. The van der Waals surface area contributed by atoms with Crippen molar-refractivity contribution in [2.75, 3.05) is 0 Å². The number of halogens is 3. The van der Waals surface area contributed by atoms with Crippen LogP contribution in [0.1, 0.15) is 113 Å². The molecule has 3 aromatic rings. The van der Waals surface area contributed by atoms with Gasteiger partial charge in [0.25, 0.3) is 0 Å². The number of rotatable bonds is 1. The van der Waals surface area contributed by atoms with E-state index in [2.05, 4.69) is 132 Å². The molecule has 2 aliphatic heterocycles. The lowest BCUT2D eigenvalue weighted by molar-refractivity contribution is -0.228. The lowest BCUT2D eigenvalue weighted by Gasteiger charge is -2.40. The van der Waals surface area contributed by atoms with Crippen LogP contribution in [0.25, 0.3) is 0 Å². The summed E-state index contributed by atoms with van der Waals surface area (Å²) in [5.41, 5.74) is 5.97. The number of phenols is 1. The maximum atomic E-state index is 10.7. The molecule has 0 aromatic heterocycles. The number of benzene rings is 3. The molecule has 0 saturated carbocycles. The van der Waals surface area contributed by atoms with Gasteiger partial charge in [0.2, 0.25) is 12.6 Å². The largest absolute Gasteiger partial charge is 0.506 e. The van der Waals surface area contributed by atoms with Crippen molar-refractivity contribution in [1.82, 2.24) is 0 Å². The van der Waals surface area contributed by atoms with Crippen LogP contribution >= 0.6 is 67.8 Å². The Bertz CT molecular complexity index is 1420. The van der Waals surface area contributed by atoms with Crippen LogP contribution in [0.2, 0.25) is 0 Å². The number of carbonyl (C=O) groups is 1. The van der Waals surface area contributed by atoms with Crippen molar-refractivity contribution in [3.8, 4) is 17.2 Å². The lowest BCUT2D eigenvalue weighted by Crippen LogP contribution is -2.32. The van der Waals surface area contributed by atoms with E-state index in [9.17, 15) is 9.90 Å². The Kier molecular flexibility index (Phi) is 9.40. The summed E-state index contributed by atoms with van der Waals surface area (Å²) in [7, 11) is 0. The molecule has 2 bridgehead atoms. The van der Waals surface area contributed by atoms with Crippen molar-refractivity contribution < 1.29 is 24.1 Å². The van der Waals surface area contributed by atoms with Crippen LogP contribution in [0.3, 0.4) is 0 Å².